The van der Waals surface area contributed by atoms with Crippen molar-refractivity contribution in [3.05, 3.63) is 66.0 Å². The van der Waals surface area contributed by atoms with Crippen LogP contribution < -0.4 is 16.3 Å². The van der Waals surface area contributed by atoms with Crippen molar-refractivity contribution in [3.63, 3.8) is 0 Å². The standard InChI is InChI=1S/C19H20N6O2/c1-13(15-7-9-20-10-8-15)22-24-18(26)12-16-19(27)25-23-17(21-16)11-14-5-3-2-4-6-14/h2-10,16H,11-12H2,1H3,(H,21,23)(H,24,26)(H,25,27)/b22-13+. The number of hydrogen-bond donors (Lipinski definition) is 3. The normalized spacial score (nSPS) is 16.8. The maximum Gasteiger partial charge on any atom is 0.263 e. The van der Waals surface area contributed by atoms with E-state index in [9.17, 15) is 9.59 Å². The Morgan fingerprint density at radius 1 is 1.15 bits per heavy atom. The maximum absolute atomic E-state index is 12.2. The summed E-state index contributed by atoms with van der Waals surface area (Å²) in [6.45, 7) is 1.78. The van der Waals surface area contributed by atoms with E-state index >= 15 is 0 Å². The highest BCUT2D eigenvalue weighted by Gasteiger charge is 2.25. The van der Waals surface area contributed by atoms with Gasteiger partial charge in [0, 0.05) is 24.4 Å². The molecule has 2 heterocycles. The van der Waals surface area contributed by atoms with Gasteiger partial charge in [0.25, 0.3) is 5.91 Å². The van der Waals surface area contributed by atoms with Crippen molar-refractivity contribution in [2.45, 2.75) is 25.8 Å². The highest BCUT2D eigenvalue weighted by Crippen LogP contribution is 2.07. The summed E-state index contributed by atoms with van der Waals surface area (Å²) >= 11 is 0. The number of amides is 2. The van der Waals surface area contributed by atoms with Crippen molar-refractivity contribution in [2.24, 2.45) is 10.1 Å². The number of aromatic nitrogens is 1. The summed E-state index contributed by atoms with van der Waals surface area (Å²) in [7, 11) is 0. The summed E-state index contributed by atoms with van der Waals surface area (Å²) in [6.07, 6.45) is 3.76. The number of nitrogens with one attached hydrogen (secondary N) is 3. The second kappa shape index (κ2) is 8.70. The van der Waals surface area contributed by atoms with Crippen molar-refractivity contribution < 1.29 is 9.59 Å². The van der Waals surface area contributed by atoms with E-state index in [1.165, 1.54) is 0 Å². The Bertz CT molecular complexity index is 864. The van der Waals surface area contributed by atoms with Crippen LogP contribution in [0.1, 0.15) is 24.5 Å². The molecule has 2 amide bonds. The Kier molecular flexibility index (Phi) is 5.88. The number of aliphatic imine (C=N–C) groups is 1. The van der Waals surface area contributed by atoms with Crippen molar-refractivity contribution >= 4 is 23.4 Å². The lowest BCUT2D eigenvalue weighted by atomic mass is 10.1. The summed E-state index contributed by atoms with van der Waals surface area (Å²) < 4.78 is 0. The Morgan fingerprint density at radius 3 is 2.63 bits per heavy atom. The van der Waals surface area contributed by atoms with Crippen LogP contribution in [0.15, 0.2) is 65.0 Å². The molecule has 3 rings (SSSR count). The molecule has 138 valence electrons. The average Bonchev–Trinajstić information content (AvgIpc) is 2.70. The first-order valence-corrected chi connectivity index (χ1v) is 8.52. The Morgan fingerprint density at radius 2 is 1.89 bits per heavy atom. The number of amidine groups is 1. The number of nitrogens with zero attached hydrogens (tertiary/aromatic N) is 3. The fraction of sp³-hybridized carbons (Fsp3) is 0.211. The molecule has 1 unspecified atom stereocenters. The number of hydrazone groups is 1. The van der Waals surface area contributed by atoms with E-state index in [4.69, 9.17) is 0 Å². The second-order valence-electron chi connectivity index (χ2n) is 6.04. The van der Waals surface area contributed by atoms with Crippen LogP contribution >= 0.6 is 0 Å². The first-order chi connectivity index (χ1) is 13.1. The van der Waals surface area contributed by atoms with Gasteiger partial charge in [0.1, 0.15) is 11.9 Å². The zero-order valence-corrected chi connectivity index (χ0v) is 14.8. The molecule has 8 nitrogen and oxygen atoms in total. The monoisotopic (exact) mass is 364 g/mol. The van der Waals surface area contributed by atoms with Crippen LogP contribution in [0.5, 0.6) is 0 Å². The summed E-state index contributed by atoms with van der Waals surface area (Å²) in [6, 6.07) is 12.6. The molecule has 0 spiro atoms. The molecule has 1 aromatic carbocycles. The van der Waals surface area contributed by atoms with E-state index in [0.717, 1.165) is 11.1 Å². The third kappa shape index (κ3) is 5.21. The molecule has 3 N–H and O–H groups in total. The van der Waals surface area contributed by atoms with Gasteiger partial charge in [-0.05, 0) is 24.6 Å². The smallest absolute Gasteiger partial charge is 0.263 e. The molecule has 0 bridgehead atoms. The van der Waals surface area contributed by atoms with Crippen LogP contribution in [0.4, 0.5) is 0 Å². The summed E-state index contributed by atoms with van der Waals surface area (Å²) in [4.78, 5) is 32.4. The van der Waals surface area contributed by atoms with Crippen molar-refractivity contribution in [1.29, 1.82) is 0 Å². The molecule has 27 heavy (non-hydrogen) atoms. The molecule has 1 aromatic heterocycles. The predicted molar refractivity (Wildman–Crippen MR) is 102 cm³/mol. The lowest BCUT2D eigenvalue weighted by molar-refractivity contribution is -0.128. The summed E-state index contributed by atoms with van der Waals surface area (Å²) in [5.74, 6) is -0.125. The van der Waals surface area contributed by atoms with Gasteiger partial charge in [0.05, 0.1) is 12.1 Å². The molecule has 0 fully saturated rings. The minimum absolute atomic E-state index is 0.0844. The van der Waals surface area contributed by atoms with Gasteiger partial charge in [-0.25, -0.2) is 5.43 Å². The fourth-order valence-electron chi connectivity index (χ4n) is 2.54. The van der Waals surface area contributed by atoms with Gasteiger partial charge in [-0.2, -0.15) is 5.10 Å². The average molecular weight is 364 g/mol. The van der Waals surface area contributed by atoms with Crippen molar-refractivity contribution in [2.75, 3.05) is 0 Å². The van der Waals surface area contributed by atoms with Crippen LogP contribution in [0.3, 0.4) is 0 Å². The summed E-state index contributed by atoms with van der Waals surface area (Å²) in [5.41, 5.74) is 10.4. The first kappa shape index (κ1) is 18.2. The van der Waals surface area contributed by atoms with Gasteiger partial charge in [-0.1, -0.05) is 30.3 Å². The van der Waals surface area contributed by atoms with Crippen LogP contribution in [0.2, 0.25) is 0 Å². The number of hydrogen-bond acceptors (Lipinski definition) is 6. The number of pyridine rings is 1. The lowest BCUT2D eigenvalue weighted by Crippen LogP contribution is -2.52. The quantitative estimate of drug-likeness (QED) is 0.524. The molecule has 8 heteroatoms. The van der Waals surface area contributed by atoms with Gasteiger partial charge in [0.15, 0.2) is 0 Å². The maximum atomic E-state index is 12.2. The van der Waals surface area contributed by atoms with E-state index < -0.39 is 6.04 Å². The first-order valence-electron chi connectivity index (χ1n) is 8.52. The van der Waals surface area contributed by atoms with Crippen molar-refractivity contribution in [1.82, 2.24) is 21.3 Å². The minimum Gasteiger partial charge on any atom is -0.285 e. The molecule has 0 aliphatic carbocycles. The molecule has 1 aliphatic heterocycles. The number of carbonyl (C=O) groups excluding carboxylic acids is 2. The number of benzene rings is 1. The van der Waals surface area contributed by atoms with Gasteiger partial charge in [-0.3, -0.25) is 30.4 Å². The number of hydrazine groups is 1. The molecule has 1 atom stereocenters. The van der Waals surface area contributed by atoms with Crippen LogP contribution in [0, 0.1) is 0 Å². The topological polar surface area (TPSA) is 108 Å². The van der Waals surface area contributed by atoms with E-state index in [2.05, 4.69) is 31.4 Å². The van der Waals surface area contributed by atoms with Gasteiger partial charge in [-0.15, -0.1) is 0 Å². The van der Waals surface area contributed by atoms with E-state index in [1.807, 2.05) is 30.3 Å². The highest BCUT2D eigenvalue weighted by atomic mass is 16.2. The van der Waals surface area contributed by atoms with E-state index in [0.29, 0.717) is 18.0 Å². The second-order valence-corrected chi connectivity index (χ2v) is 6.04. The fourth-order valence-corrected chi connectivity index (χ4v) is 2.54. The van der Waals surface area contributed by atoms with Gasteiger partial charge < -0.3 is 0 Å². The highest BCUT2D eigenvalue weighted by molar-refractivity contribution is 6.00. The van der Waals surface area contributed by atoms with Crippen LogP contribution in [0.25, 0.3) is 0 Å². The Hall–Kier alpha value is -3.55. The molecular weight excluding hydrogens is 344 g/mol. The summed E-state index contributed by atoms with van der Waals surface area (Å²) in [5, 5.41) is 4.07. The van der Waals surface area contributed by atoms with Crippen LogP contribution in [-0.4, -0.2) is 34.4 Å². The molecule has 0 radical (unpaired) electrons. The predicted octanol–water partition coefficient (Wildman–Crippen LogP) is 0.956. The van der Waals surface area contributed by atoms with Gasteiger partial charge >= 0.3 is 0 Å². The molecular formula is C19H20N6O2. The third-order valence-corrected chi connectivity index (χ3v) is 3.98. The van der Waals surface area contributed by atoms with E-state index in [-0.39, 0.29) is 18.2 Å². The Balaban J connectivity index is 1.60. The zero-order valence-electron chi connectivity index (χ0n) is 14.8. The van der Waals surface area contributed by atoms with Crippen molar-refractivity contribution in [3.8, 4) is 0 Å². The molecule has 2 aromatic rings. The van der Waals surface area contributed by atoms with Gasteiger partial charge in [0.2, 0.25) is 5.91 Å². The van der Waals surface area contributed by atoms with Crippen LogP contribution in [-0.2, 0) is 16.0 Å². The minimum atomic E-state index is -0.790. The SMILES string of the molecule is C/C(=N\NC(=O)CC1N=C(Cc2ccccc2)NNC1=O)c1ccncc1. The lowest BCUT2D eigenvalue weighted by Gasteiger charge is -2.21. The number of carbonyl (C=O) groups is 2. The molecule has 0 saturated heterocycles. The largest absolute Gasteiger partial charge is 0.285 e. The zero-order chi connectivity index (χ0) is 19.1. The number of rotatable bonds is 6. The Labute approximate surface area is 156 Å². The van der Waals surface area contributed by atoms with E-state index in [1.54, 1.807) is 31.5 Å². The third-order valence-electron chi connectivity index (χ3n) is 3.98. The molecule has 1 aliphatic rings. The molecule has 0 saturated carbocycles.